The molecule has 6 rings (SSSR count). The van der Waals surface area contributed by atoms with Gasteiger partial charge >= 0.3 is 0 Å². The van der Waals surface area contributed by atoms with Crippen LogP contribution in [0.5, 0.6) is 23.0 Å². The molecule has 0 radical (unpaired) electrons. The van der Waals surface area contributed by atoms with Crippen LogP contribution in [0.25, 0.3) is 0 Å². The number of ether oxygens (including phenoxy) is 4. The van der Waals surface area contributed by atoms with Crippen molar-refractivity contribution in [2.24, 2.45) is 0 Å². The number of benzene rings is 2. The molecular formula is C20H19NO4. The van der Waals surface area contributed by atoms with Crippen molar-refractivity contribution in [2.75, 3.05) is 20.1 Å². The molecular weight excluding hydrogens is 318 g/mol. The smallest absolute Gasteiger partial charge is 0.231 e. The van der Waals surface area contributed by atoms with E-state index in [2.05, 4.69) is 36.1 Å². The van der Waals surface area contributed by atoms with Crippen LogP contribution in [0.1, 0.15) is 41.3 Å². The molecule has 2 aromatic carbocycles. The molecule has 4 aliphatic heterocycles. The Bertz CT molecular complexity index is 822. The summed E-state index contributed by atoms with van der Waals surface area (Å²) in [4.78, 5) is 2.61. The van der Waals surface area contributed by atoms with Crippen LogP contribution >= 0.6 is 0 Å². The molecule has 0 N–H and O–H groups in total. The van der Waals surface area contributed by atoms with E-state index in [4.69, 9.17) is 18.9 Å². The van der Waals surface area contributed by atoms with Gasteiger partial charge in [0.15, 0.2) is 23.0 Å². The van der Waals surface area contributed by atoms with Crippen LogP contribution in [0, 0.1) is 0 Å². The van der Waals surface area contributed by atoms with E-state index < -0.39 is 0 Å². The van der Waals surface area contributed by atoms with Crippen molar-refractivity contribution in [1.82, 2.24) is 4.90 Å². The molecule has 0 fully saturated rings. The van der Waals surface area contributed by atoms with Gasteiger partial charge in [0.1, 0.15) is 0 Å². The van der Waals surface area contributed by atoms with Crippen molar-refractivity contribution >= 4 is 0 Å². The van der Waals surface area contributed by atoms with Gasteiger partial charge < -0.3 is 18.9 Å². The summed E-state index contributed by atoms with van der Waals surface area (Å²) in [5, 5.41) is 0. The van der Waals surface area contributed by atoms with E-state index in [1.54, 1.807) is 0 Å². The van der Waals surface area contributed by atoms with Crippen LogP contribution in [0.15, 0.2) is 24.3 Å². The second-order valence-corrected chi connectivity index (χ2v) is 7.08. The molecule has 2 unspecified atom stereocenters. The average Bonchev–Trinajstić information content (AvgIpc) is 3.26. The third kappa shape index (κ3) is 1.82. The Hall–Kier alpha value is -2.40. The summed E-state index contributed by atoms with van der Waals surface area (Å²) in [6.07, 6.45) is 1.98. The van der Waals surface area contributed by atoms with E-state index in [0.717, 1.165) is 42.4 Å². The number of hydrogen-bond acceptors (Lipinski definition) is 5. The van der Waals surface area contributed by atoms with E-state index in [-0.39, 0.29) is 0 Å². The summed E-state index contributed by atoms with van der Waals surface area (Å²) in [7, 11) is 0. The Kier molecular flexibility index (Phi) is 2.67. The minimum Gasteiger partial charge on any atom is -0.454 e. The molecule has 2 bridgehead atoms. The van der Waals surface area contributed by atoms with Gasteiger partial charge in [0.05, 0.1) is 0 Å². The first kappa shape index (κ1) is 13.8. The highest BCUT2D eigenvalue weighted by Gasteiger charge is 2.41. The molecule has 2 atom stereocenters. The maximum atomic E-state index is 5.62. The Morgan fingerprint density at radius 1 is 0.760 bits per heavy atom. The Balaban J connectivity index is 1.52. The van der Waals surface area contributed by atoms with Gasteiger partial charge in [0, 0.05) is 12.1 Å². The molecule has 2 aromatic rings. The molecule has 4 aliphatic rings. The lowest BCUT2D eigenvalue weighted by atomic mass is 9.76. The molecule has 5 nitrogen and oxygen atoms in total. The van der Waals surface area contributed by atoms with Gasteiger partial charge in [0.2, 0.25) is 13.6 Å². The second kappa shape index (κ2) is 4.82. The van der Waals surface area contributed by atoms with Crippen LogP contribution in [-0.2, 0) is 12.8 Å². The molecule has 0 aromatic heterocycles. The molecule has 5 heteroatoms. The van der Waals surface area contributed by atoms with Gasteiger partial charge in [-0.25, -0.2) is 0 Å². The molecule has 0 aliphatic carbocycles. The first-order valence-corrected chi connectivity index (χ1v) is 8.92. The summed E-state index contributed by atoms with van der Waals surface area (Å²) in [5.74, 6) is 3.52. The molecule has 128 valence electrons. The Morgan fingerprint density at radius 2 is 1.20 bits per heavy atom. The van der Waals surface area contributed by atoms with Crippen molar-refractivity contribution < 1.29 is 18.9 Å². The van der Waals surface area contributed by atoms with Gasteiger partial charge in [-0.1, -0.05) is 6.92 Å². The van der Waals surface area contributed by atoms with Gasteiger partial charge in [0.25, 0.3) is 0 Å². The summed E-state index contributed by atoms with van der Waals surface area (Å²) in [6, 6.07) is 9.51. The summed E-state index contributed by atoms with van der Waals surface area (Å²) in [5.41, 5.74) is 5.52. The third-order valence-electron chi connectivity index (χ3n) is 5.98. The minimum absolute atomic E-state index is 0.325. The first-order chi connectivity index (χ1) is 12.3. The maximum absolute atomic E-state index is 5.62. The van der Waals surface area contributed by atoms with Crippen molar-refractivity contribution in [3.8, 4) is 23.0 Å². The van der Waals surface area contributed by atoms with E-state index >= 15 is 0 Å². The van der Waals surface area contributed by atoms with Crippen LogP contribution in [0.4, 0.5) is 0 Å². The molecule has 0 saturated heterocycles. The van der Waals surface area contributed by atoms with E-state index in [0.29, 0.717) is 25.7 Å². The SMILES string of the molecule is CCN1C2Cc3cc4c(cc3C1Cc1cc3c(cc12)OCO3)OCO4. The lowest BCUT2D eigenvalue weighted by molar-refractivity contribution is 0.109. The zero-order valence-electron chi connectivity index (χ0n) is 14.1. The summed E-state index contributed by atoms with van der Waals surface area (Å²) >= 11 is 0. The van der Waals surface area contributed by atoms with E-state index in [9.17, 15) is 0 Å². The monoisotopic (exact) mass is 337 g/mol. The molecule has 0 saturated carbocycles. The van der Waals surface area contributed by atoms with Gasteiger partial charge in [-0.05, 0) is 65.9 Å². The summed E-state index contributed by atoms with van der Waals surface area (Å²) < 4.78 is 22.4. The fourth-order valence-electron chi connectivity index (χ4n) is 4.86. The minimum atomic E-state index is 0.325. The van der Waals surface area contributed by atoms with Gasteiger partial charge in [-0.2, -0.15) is 0 Å². The Labute approximate surface area is 146 Å². The molecule has 25 heavy (non-hydrogen) atoms. The molecule has 4 heterocycles. The fraction of sp³-hybridized carbons (Fsp3) is 0.400. The third-order valence-corrected chi connectivity index (χ3v) is 5.98. The maximum Gasteiger partial charge on any atom is 0.231 e. The first-order valence-electron chi connectivity index (χ1n) is 8.92. The molecule has 0 spiro atoms. The number of fused-ring (bicyclic) bond motifs is 8. The van der Waals surface area contributed by atoms with Crippen molar-refractivity contribution in [3.05, 3.63) is 46.5 Å². The average molecular weight is 337 g/mol. The van der Waals surface area contributed by atoms with Crippen molar-refractivity contribution in [1.29, 1.82) is 0 Å². The van der Waals surface area contributed by atoms with Crippen LogP contribution < -0.4 is 18.9 Å². The van der Waals surface area contributed by atoms with Crippen molar-refractivity contribution in [2.45, 2.75) is 31.8 Å². The summed E-state index contributed by atoms with van der Waals surface area (Å²) in [6.45, 7) is 3.92. The van der Waals surface area contributed by atoms with Crippen LogP contribution in [-0.4, -0.2) is 25.0 Å². The van der Waals surface area contributed by atoms with Crippen LogP contribution in [0.2, 0.25) is 0 Å². The lowest BCUT2D eigenvalue weighted by Crippen LogP contribution is -2.42. The zero-order valence-corrected chi connectivity index (χ0v) is 14.1. The van der Waals surface area contributed by atoms with Gasteiger partial charge in [-0.15, -0.1) is 0 Å². The number of nitrogens with zero attached hydrogens (tertiary/aromatic N) is 1. The fourth-order valence-corrected chi connectivity index (χ4v) is 4.86. The highest BCUT2D eigenvalue weighted by molar-refractivity contribution is 5.56. The highest BCUT2D eigenvalue weighted by Crippen LogP contribution is 2.52. The Morgan fingerprint density at radius 3 is 1.64 bits per heavy atom. The van der Waals surface area contributed by atoms with Crippen molar-refractivity contribution in [3.63, 3.8) is 0 Å². The van der Waals surface area contributed by atoms with E-state index in [1.807, 2.05) is 0 Å². The predicted octanol–water partition coefficient (Wildman–Crippen LogP) is 3.36. The largest absolute Gasteiger partial charge is 0.454 e. The highest BCUT2D eigenvalue weighted by atomic mass is 16.7. The lowest BCUT2D eigenvalue weighted by Gasteiger charge is -2.47. The quantitative estimate of drug-likeness (QED) is 0.798. The number of rotatable bonds is 1. The number of likely N-dealkylation sites (N-methyl/N-ethyl adjacent to an activating group) is 1. The van der Waals surface area contributed by atoms with E-state index in [1.165, 1.54) is 22.3 Å². The normalized spacial score (nSPS) is 24.8. The number of hydrogen-bond donors (Lipinski definition) is 0. The standard InChI is InChI=1S/C20H19NO4/c1-2-21-15-3-11-5-17-19(24-9-22-17)7-13(11)16(21)4-12-6-18-20(8-14(12)15)25-10-23-18/h5-8,15-16H,2-4,9-10H2,1H3. The molecule has 0 amide bonds. The van der Waals surface area contributed by atoms with Crippen LogP contribution in [0.3, 0.4) is 0 Å². The topological polar surface area (TPSA) is 40.2 Å². The zero-order chi connectivity index (χ0) is 16.5. The predicted molar refractivity (Wildman–Crippen MR) is 90.4 cm³/mol. The second-order valence-electron chi connectivity index (χ2n) is 7.08. The van der Waals surface area contributed by atoms with Gasteiger partial charge in [-0.3, -0.25) is 4.90 Å².